The maximum absolute atomic E-state index is 14.2. The van der Waals surface area contributed by atoms with Gasteiger partial charge in [-0.1, -0.05) is 36.9 Å². The molecule has 4 rings (SSSR count). The molecule has 1 N–H and O–H groups in total. The van der Waals surface area contributed by atoms with Crippen molar-refractivity contribution in [3.63, 3.8) is 0 Å². The average Bonchev–Trinajstić information content (AvgIpc) is 3.54. The molecular formula is C26H16F10O2. The molecule has 1 aliphatic carbocycles. The summed E-state index contributed by atoms with van der Waals surface area (Å²) < 4.78 is 145. The third-order valence-electron chi connectivity index (χ3n) is 6.57. The lowest BCUT2D eigenvalue weighted by Gasteiger charge is -2.23. The summed E-state index contributed by atoms with van der Waals surface area (Å²) in [5, 5.41) is 9.36. The van der Waals surface area contributed by atoms with Crippen LogP contribution in [0, 0.1) is 34.6 Å². The van der Waals surface area contributed by atoms with Gasteiger partial charge in [0.25, 0.3) is 0 Å². The zero-order chi connectivity index (χ0) is 28.2. The van der Waals surface area contributed by atoms with E-state index >= 15 is 0 Å². The van der Waals surface area contributed by atoms with E-state index in [-0.39, 0.29) is 11.3 Å². The molecule has 12 heteroatoms. The van der Waals surface area contributed by atoms with Crippen molar-refractivity contribution in [2.75, 3.05) is 0 Å². The van der Waals surface area contributed by atoms with E-state index in [0.29, 0.717) is 6.08 Å². The van der Waals surface area contributed by atoms with Crippen molar-refractivity contribution in [2.24, 2.45) is 11.3 Å². The van der Waals surface area contributed by atoms with Crippen LogP contribution >= 0.6 is 0 Å². The van der Waals surface area contributed by atoms with Crippen LogP contribution in [0.5, 0.6) is 17.2 Å². The quantitative estimate of drug-likeness (QED) is 0.247. The first-order valence-electron chi connectivity index (χ1n) is 10.8. The first-order valence-corrected chi connectivity index (χ1v) is 10.8. The standard InChI is InChI=1S/C26H16F10O2/c1-2-16-18(27)20(29)22(21(30)19(16)28)38-15-9-5-13(6-10-15)17-23(25(31,32)33)24(17,26(34,35)36)11-12-3-7-14(37)8-4-12/h2-10,17,23,37H,1,11H2. The third kappa shape index (κ3) is 4.45. The Kier molecular flexibility index (Phi) is 6.65. The number of aromatic hydroxyl groups is 1. The summed E-state index contributed by atoms with van der Waals surface area (Å²) in [6, 6.07) is 7.64. The van der Waals surface area contributed by atoms with Gasteiger partial charge < -0.3 is 9.84 Å². The minimum absolute atomic E-state index is 0.0881. The molecule has 2 nitrogen and oxygen atoms in total. The van der Waals surface area contributed by atoms with Crippen LogP contribution < -0.4 is 4.74 Å². The van der Waals surface area contributed by atoms with Gasteiger partial charge in [0.05, 0.1) is 16.9 Å². The molecule has 3 aromatic rings. The first kappa shape index (κ1) is 27.3. The molecule has 38 heavy (non-hydrogen) atoms. The molecule has 0 saturated heterocycles. The summed E-state index contributed by atoms with van der Waals surface area (Å²) in [5.74, 6) is -14.6. The van der Waals surface area contributed by atoms with Gasteiger partial charge in [0.1, 0.15) is 11.5 Å². The number of hydrogen-bond donors (Lipinski definition) is 1. The van der Waals surface area contributed by atoms with Crippen LogP contribution in [-0.4, -0.2) is 17.5 Å². The first-order chi connectivity index (χ1) is 17.6. The minimum atomic E-state index is -5.29. The van der Waals surface area contributed by atoms with Gasteiger partial charge in [0, 0.05) is 5.92 Å². The van der Waals surface area contributed by atoms with Crippen molar-refractivity contribution in [1.82, 2.24) is 0 Å². The highest BCUT2D eigenvalue weighted by Crippen LogP contribution is 2.77. The Morgan fingerprint density at radius 1 is 0.816 bits per heavy atom. The summed E-state index contributed by atoms with van der Waals surface area (Å²) in [4.78, 5) is 0. The van der Waals surface area contributed by atoms with Crippen LogP contribution in [0.1, 0.15) is 22.6 Å². The minimum Gasteiger partial charge on any atom is -0.508 e. The topological polar surface area (TPSA) is 29.5 Å². The average molecular weight is 550 g/mol. The van der Waals surface area contributed by atoms with Crippen molar-refractivity contribution < 1.29 is 53.7 Å². The molecule has 1 fully saturated rings. The van der Waals surface area contributed by atoms with Crippen molar-refractivity contribution in [2.45, 2.75) is 24.7 Å². The zero-order valence-corrected chi connectivity index (χ0v) is 18.9. The maximum atomic E-state index is 14.2. The summed E-state index contributed by atoms with van der Waals surface area (Å²) in [7, 11) is 0. The Bertz CT molecular complexity index is 1330. The fourth-order valence-electron chi connectivity index (χ4n) is 4.79. The molecule has 0 aliphatic heterocycles. The van der Waals surface area contributed by atoms with Crippen molar-refractivity contribution in [1.29, 1.82) is 0 Å². The van der Waals surface area contributed by atoms with Crippen LogP contribution in [0.2, 0.25) is 0 Å². The van der Waals surface area contributed by atoms with Gasteiger partial charge in [-0.15, -0.1) is 0 Å². The number of benzene rings is 3. The number of alkyl halides is 6. The second-order valence-corrected chi connectivity index (χ2v) is 8.75. The fourth-order valence-corrected chi connectivity index (χ4v) is 4.79. The van der Waals surface area contributed by atoms with Gasteiger partial charge in [-0.05, 0) is 41.8 Å². The van der Waals surface area contributed by atoms with E-state index in [9.17, 15) is 49.0 Å². The molecule has 0 heterocycles. The predicted octanol–water partition coefficient (Wildman–Crippen LogP) is 8.45. The molecule has 3 atom stereocenters. The summed E-state index contributed by atoms with van der Waals surface area (Å²) in [6.07, 6.45) is -11.0. The number of phenolic OH excluding ortho intramolecular Hbond substituents is 1. The highest BCUT2D eigenvalue weighted by molar-refractivity contribution is 5.52. The van der Waals surface area contributed by atoms with Crippen LogP contribution in [0.4, 0.5) is 43.9 Å². The van der Waals surface area contributed by atoms with Gasteiger partial charge in [-0.2, -0.15) is 35.1 Å². The third-order valence-corrected chi connectivity index (χ3v) is 6.57. The Labute approximate surface area is 208 Å². The second-order valence-electron chi connectivity index (χ2n) is 8.75. The monoisotopic (exact) mass is 550 g/mol. The molecule has 0 spiro atoms. The maximum Gasteiger partial charge on any atom is 0.396 e. The van der Waals surface area contributed by atoms with Crippen molar-refractivity contribution in [3.05, 3.63) is 95.1 Å². The highest BCUT2D eigenvalue weighted by atomic mass is 19.4. The van der Waals surface area contributed by atoms with E-state index in [0.717, 1.165) is 48.5 Å². The lowest BCUT2D eigenvalue weighted by Crippen LogP contribution is -2.33. The molecule has 3 aromatic carbocycles. The van der Waals surface area contributed by atoms with Crippen LogP contribution in [0.25, 0.3) is 6.08 Å². The fraction of sp³-hybridized carbons (Fsp3) is 0.231. The molecule has 202 valence electrons. The van der Waals surface area contributed by atoms with Crippen LogP contribution in [0.15, 0.2) is 55.1 Å². The number of halogens is 10. The van der Waals surface area contributed by atoms with Crippen LogP contribution in [-0.2, 0) is 6.42 Å². The number of hydrogen-bond acceptors (Lipinski definition) is 2. The molecule has 0 aromatic heterocycles. The van der Waals surface area contributed by atoms with Gasteiger partial charge >= 0.3 is 12.4 Å². The van der Waals surface area contributed by atoms with E-state index in [1.165, 1.54) is 0 Å². The zero-order valence-electron chi connectivity index (χ0n) is 18.9. The molecule has 1 saturated carbocycles. The Morgan fingerprint density at radius 2 is 1.34 bits per heavy atom. The highest BCUT2D eigenvalue weighted by Gasteiger charge is 2.84. The Balaban J connectivity index is 1.70. The normalized spacial score (nSPS) is 21.3. The lowest BCUT2D eigenvalue weighted by molar-refractivity contribution is -0.224. The van der Waals surface area contributed by atoms with E-state index in [2.05, 4.69) is 6.58 Å². The molecule has 1 aliphatic rings. The van der Waals surface area contributed by atoms with Crippen molar-refractivity contribution in [3.8, 4) is 17.2 Å². The molecular weight excluding hydrogens is 534 g/mol. The number of phenols is 1. The van der Waals surface area contributed by atoms with Gasteiger partial charge in [0.2, 0.25) is 17.4 Å². The lowest BCUT2D eigenvalue weighted by atomic mass is 9.89. The van der Waals surface area contributed by atoms with E-state index < -0.39 is 81.9 Å². The number of ether oxygens (including phenoxy) is 1. The Morgan fingerprint density at radius 3 is 1.79 bits per heavy atom. The van der Waals surface area contributed by atoms with Crippen LogP contribution in [0.3, 0.4) is 0 Å². The summed E-state index contributed by atoms with van der Waals surface area (Å²) >= 11 is 0. The van der Waals surface area contributed by atoms with E-state index in [1.807, 2.05) is 0 Å². The largest absolute Gasteiger partial charge is 0.508 e. The predicted molar refractivity (Wildman–Crippen MR) is 115 cm³/mol. The molecule has 0 amide bonds. The SMILES string of the molecule is C=Cc1c(F)c(F)c(Oc2ccc(C3C(C(F)(F)F)C3(Cc3ccc(O)cc3)C(F)(F)F)cc2)c(F)c1F. The Hall–Kier alpha value is -3.70. The molecule has 3 unspecified atom stereocenters. The van der Waals surface area contributed by atoms with Gasteiger partial charge in [-0.25, -0.2) is 8.78 Å². The number of rotatable bonds is 6. The van der Waals surface area contributed by atoms with E-state index in [4.69, 9.17) is 4.74 Å². The smallest absolute Gasteiger partial charge is 0.396 e. The van der Waals surface area contributed by atoms with Crippen molar-refractivity contribution >= 4 is 6.08 Å². The van der Waals surface area contributed by atoms with Gasteiger partial charge in [0.15, 0.2) is 11.6 Å². The summed E-state index contributed by atoms with van der Waals surface area (Å²) in [5.41, 5.74) is -4.80. The molecule has 0 radical (unpaired) electrons. The molecule has 0 bridgehead atoms. The summed E-state index contributed by atoms with van der Waals surface area (Å²) in [6.45, 7) is 3.04. The second kappa shape index (κ2) is 9.25. The van der Waals surface area contributed by atoms with Gasteiger partial charge in [-0.3, -0.25) is 0 Å². The van der Waals surface area contributed by atoms with E-state index in [1.54, 1.807) is 0 Å².